The Hall–Kier alpha value is -3.36. The van der Waals surface area contributed by atoms with Gasteiger partial charge in [0.25, 0.3) is 0 Å². The highest BCUT2D eigenvalue weighted by molar-refractivity contribution is 6.06. The molecule has 2 atom stereocenters. The lowest BCUT2D eigenvalue weighted by Crippen LogP contribution is -2.45. The monoisotopic (exact) mass is 462 g/mol. The van der Waals surface area contributed by atoms with Gasteiger partial charge in [0.1, 0.15) is 0 Å². The minimum atomic E-state index is -0.548. The summed E-state index contributed by atoms with van der Waals surface area (Å²) in [5.74, 6) is -0.755. The van der Waals surface area contributed by atoms with Crippen LogP contribution in [0.2, 0.25) is 0 Å². The van der Waals surface area contributed by atoms with Crippen molar-refractivity contribution in [2.45, 2.75) is 37.8 Å². The molecule has 8 heteroatoms. The smallest absolute Gasteiger partial charge is 0.246 e. The van der Waals surface area contributed by atoms with Crippen LogP contribution in [-0.4, -0.2) is 71.7 Å². The van der Waals surface area contributed by atoms with E-state index in [-0.39, 0.29) is 36.5 Å². The van der Waals surface area contributed by atoms with E-state index in [1.807, 2.05) is 60.7 Å². The van der Waals surface area contributed by atoms with Gasteiger partial charge in [0.15, 0.2) is 0 Å². The van der Waals surface area contributed by atoms with Gasteiger partial charge >= 0.3 is 0 Å². The van der Waals surface area contributed by atoms with Crippen molar-refractivity contribution in [3.8, 4) is 0 Å². The van der Waals surface area contributed by atoms with Gasteiger partial charge in [0, 0.05) is 26.2 Å². The molecule has 0 unspecified atom stereocenters. The standard InChI is InChI=1S/C26H30N4O4/c31-23-17-21(25(33)29(23)15-11-19-7-3-1-4-8-19)27-13-14-28-22-18-24(32)30(26(22)34)16-12-20-9-5-2-6-10-20/h1-10,21-22,27-28H,11-18H2/t21-,22-/m1/s1. The number of rotatable bonds is 11. The van der Waals surface area contributed by atoms with E-state index in [0.29, 0.717) is 39.0 Å². The highest BCUT2D eigenvalue weighted by Gasteiger charge is 2.39. The van der Waals surface area contributed by atoms with Gasteiger partial charge in [-0.15, -0.1) is 0 Å². The Bertz CT molecular complexity index is 944. The molecule has 0 aromatic heterocycles. The first-order chi connectivity index (χ1) is 16.5. The van der Waals surface area contributed by atoms with Gasteiger partial charge in [-0.05, 0) is 24.0 Å². The van der Waals surface area contributed by atoms with Gasteiger partial charge in [-0.1, -0.05) is 60.7 Å². The zero-order chi connectivity index (χ0) is 23.9. The fourth-order valence-corrected chi connectivity index (χ4v) is 4.42. The molecule has 2 saturated heterocycles. The third-order valence-corrected chi connectivity index (χ3v) is 6.33. The maximum Gasteiger partial charge on any atom is 0.246 e. The topological polar surface area (TPSA) is 98.8 Å². The predicted octanol–water partition coefficient (Wildman–Crippen LogP) is 0.906. The van der Waals surface area contributed by atoms with Crippen LogP contribution in [0.4, 0.5) is 0 Å². The molecular weight excluding hydrogens is 432 g/mol. The third-order valence-electron chi connectivity index (χ3n) is 6.33. The van der Waals surface area contributed by atoms with Gasteiger partial charge in [0.05, 0.1) is 24.9 Å². The molecule has 34 heavy (non-hydrogen) atoms. The molecule has 2 N–H and O–H groups in total. The van der Waals surface area contributed by atoms with Crippen LogP contribution in [0.1, 0.15) is 24.0 Å². The summed E-state index contributed by atoms with van der Waals surface area (Å²) in [7, 11) is 0. The van der Waals surface area contributed by atoms with Crippen LogP contribution in [0, 0.1) is 0 Å². The highest BCUT2D eigenvalue weighted by Crippen LogP contribution is 2.16. The maximum absolute atomic E-state index is 12.6. The summed E-state index contributed by atoms with van der Waals surface area (Å²) in [5, 5.41) is 6.23. The molecule has 8 nitrogen and oxygen atoms in total. The van der Waals surface area contributed by atoms with Gasteiger partial charge in [-0.25, -0.2) is 0 Å². The van der Waals surface area contributed by atoms with Crippen molar-refractivity contribution in [3.05, 3.63) is 71.8 Å². The Kier molecular flexibility index (Phi) is 7.82. The molecule has 178 valence electrons. The van der Waals surface area contributed by atoms with E-state index in [2.05, 4.69) is 10.6 Å². The molecular formula is C26H30N4O4. The van der Waals surface area contributed by atoms with Crippen LogP contribution in [0.3, 0.4) is 0 Å². The van der Waals surface area contributed by atoms with Crippen molar-refractivity contribution in [3.63, 3.8) is 0 Å². The number of imide groups is 2. The van der Waals surface area contributed by atoms with Crippen molar-refractivity contribution in [2.75, 3.05) is 26.2 Å². The Morgan fingerprint density at radius 1 is 0.618 bits per heavy atom. The molecule has 0 bridgehead atoms. The second kappa shape index (κ2) is 11.2. The zero-order valence-electron chi connectivity index (χ0n) is 19.1. The Morgan fingerprint density at radius 2 is 1.00 bits per heavy atom. The third kappa shape index (κ3) is 5.76. The second-order valence-electron chi connectivity index (χ2n) is 8.66. The van der Waals surface area contributed by atoms with E-state index in [4.69, 9.17) is 0 Å². The van der Waals surface area contributed by atoms with E-state index < -0.39 is 12.1 Å². The van der Waals surface area contributed by atoms with Crippen molar-refractivity contribution < 1.29 is 19.2 Å². The Morgan fingerprint density at radius 3 is 1.38 bits per heavy atom. The lowest BCUT2D eigenvalue weighted by molar-refractivity contribution is -0.140. The summed E-state index contributed by atoms with van der Waals surface area (Å²) >= 11 is 0. The van der Waals surface area contributed by atoms with Crippen LogP contribution in [0.25, 0.3) is 0 Å². The summed E-state index contributed by atoms with van der Waals surface area (Å²) in [5.41, 5.74) is 2.16. The van der Waals surface area contributed by atoms with E-state index in [1.54, 1.807) is 0 Å². The number of nitrogens with one attached hydrogen (secondary N) is 2. The lowest BCUT2D eigenvalue weighted by atomic mass is 10.1. The van der Waals surface area contributed by atoms with Crippen LogP contribution >= 0.6 is 0 Å². The number of carbonyl (C=O) groups is 4. The normalized spacial score (nSPS) is 20.6. The molecule has 0 aliphatic carbocycles. The van der Waals surface area contributed by atoms with Crippen LogP contribution < -0.4 is 10.6 Å². The summed E-state index contributed by atoms with van der Waals surface area (Å²) < 4.78 is 0. The Labute approximate surface area is 199 Å². The minimum Gasteiger partial charge on any atom is -0.304 e. The van der Waals surface area contributed by atoms with Crippen molar-refractivity contribution in [2.24, 2.45) is 0 Å². The highest BCUT2D eigenvalue weighted by atomic mass is 16.2. The molecule has 2 aromatic rings. The van der Waals surface area contributed by atoms with E-state index in [0.717, 1.165) is 11.1 Å². The number of carbonyl (C=O) groups excluding carboxylic acids is 4. The number of likely N-dealkylation sites (tertiary alicyclic amines) is 2. The minimum absolute atomic E-state index is 0.141. The molecule has 2 heterocycles. The molecule has 0 radical (unpaired) electrons. The fourth-order valence-electron chi connectivity index (χ4n) is 4.42. The van der Waals surface area contributed by atoms with Crippen molar-refractivity contribution in [1.82, 2.24) is 20.4 Å². The van der Waals surface area contributed by atoms with Gasteiger partial charge in [-0.2, -0.15) is 0 Å². The molecule has 4 amide bonds. The number of benzene rings is 2. The number of hydrogen-bond donors (Lipinski definition) is 2. The molecule has 2 aromatic carbocycles. The summed E-state index contributed by atoms with van der Waals surface area (Å²) in [4.78, 5) is 52.5. The van der Waals surface area contributed by atoms with E-state index >= 15 is 0 Å². The number of amides is 4. The van der Waals surface area contributed by atoms with Gasteiger partial charge in [-0.3, -0.25) is 29.0 Å². The van der Waals surface area contributed by atoms with Gasteiger partial charge < -0.3 is 10.6 Å². The number of hydrogen-bond acceptors (Lipinski definition) is 6. The Balaban J connectivity index is 1.17. The fraction of sp³-hybridized carbons (Fsp3) is 0.385. The van der Waals surface area contributed by atoms with Crippen LogP contribution in [0.5, 0.6) is 0 Å². The second-order valence-corrected chi connectivity index (χ2v) is 8.66. The molecule has 4 rings (SSSR count). The van der Waals surface area contributed by atoms with Crippen LogP contribution in [0.15, 0.2) is 60.7 Å². The first-order valence-corrected chi connectivity index (χ1v) is 11.8. The zero-order valence-corrected chi connectivity index (χ0v) is 19.1. The average molecular weight is 463 g/mol. The van der Waals surface area contributed by atoms with Crippen molar-refractivity contribution in [1.29, 1.82) is 0 Å². The maximum atomic E-state index is 12.6. The van der Waals surface area contributed by atoms with Crippen LogP contribution in [-0.2, 0) is 32.0 Å². The quantitative estimate of drug-likeness (QED) is 0.380. The molecule has 2 aliphatic heterocycles. The first kappa shape index (κ1) is 23.8. The summed E-state index contributed by atoms with van der Waals surface area (Å²) in [6.45, 7) is 1.57. The first-order valence-electron chi connectivity index (χ1n) is 11.8. The molecule has 2 aliphatic rings. The molecule has 0 saturated carbocycles. The van der Waals surface area contributed by atoms with E-state index in [9.17, 15) is 19.2 Å². The van der Waals surface area contributed by atoms with E-state index in [1.165, 1.54) is 9.80 Å². The number of nitrogens with zero attached hydrogens (tertiary/aromatic N) is 2. The largest absolute Gasteiger partial charge is 0.304 e. The predicted molar refractivity (Wildman–Crippen MR) is 127 cm³/mol. The van der Waals surface area contributed by atoms with Gasteiger partial charge in [0.2, 0.25) is 23.6 Å². The van der Waals surface area contributed by atoms with Crippen molar-refractivity contribution >= 4 is 23.6 Å². The molecule has 0 spiro atoms. The molecule has 2 fully saturated rings. The SMILES string of the molecule is O=C1C[C@@H](NCCN[C@@H]2CC(=O)N(CCc3ccccc3)C2=O)C(=O)N1CCc1ccccc1. The average Bonchev–Trinajstić information content (AvgIpc) is 3.28. The summed E-state index contributed by atoms with van der Waals surface area (Å²) in [6.07, 6.45) is 1.54. The summed E-state index contributed by atoms with van der Waals surface area (Å²) in [6, 6.07) is 18.4. The lowest BCUT2D eigenvalue weighted by Gasteiger charge is -2.17.